The van der Waals surface area contributed by atoms with Crippen molar-refractivity contribution in [2.24, 2.45) is 5.92 Å². The molecule has 0 unspecified atom stereocenters. The molecule has 0 spiro atoms. The van der Waals surface area contributed by atoms with Gasteiger partial charge in [-0.3, -0.25) is 4.90 Å². The summed E-state index contributed by atoms with van der Waals surface area (Å²) in [5.41, 5.74) is 3.08. The van der Waals surface area contributed by atoms with Gasteiger partial charge < -0.3 is 9.84 Å². The highest BCUT2D eigenvalue weighted by Gasteiger charge is 2.23. The number of nitrogens with zero attached hydrogens (tertiary/aromatic N) is 1. The molecule has 0 bridgehead atoms. The zero-order chi connectivity index (χ0) is 17.8. The first-order valence-electron chi connectivity index (χ1n) is 8.52. The standard InChI is InChI=1S/C20H23ClFNO2/c1-25-20-18(21)9-17(10-19(20)22)12-23-6-5-15(11-23)7-14-3-2-4-16(8-14)13-24/h2-4,8-10,15,24H,5-7,11-13H2,1H3/t15-/m0/s1. The van der Waals surface area contributed by atoms with Crippen LogP contribution in [0, 0.1) is 11.7 Å². The first kappa shape index (κ1) is 18.2. The van der Waals surface area contributed by atoms with Gasteiger partial charge in [-0.1, -0.05) is 35.9 Å². The van der Waals surface area contributed by atoms with E-state index in [4.69, 9.17) is 16.3 Å². The van der Waals surface area contributed by atoms with Crippen LogP contribution in [0.4, 0.5) is 4.39 Å². The third kappa shape index (κ3) is 4.51. The van der Waals surface area contributed by atoms with Crippen molar-refractivity contribution in [1.29, 1.82) is 0 Å². The summed E-state index contributed by atoms with van der Waals surface area (Å²) in [4.78, 5) is 2.33. The SMILES string of the molecule is COc1c(F)cc(CN2CC[C@@H](Cc3cccc(CO)c3)C2)cc1Cl. The van der Waals surface area contributed by atoms with Crippen LogP contribution in [-0.4, -0.2) is 30.2 Å². The predicted octanol–water partition coefficient (Wildman–Crippen LogP) is 4.04. The summed E-state index contributed by atoms with van der Waals surface area (Å²) in [6.45, 7) is 2.74. The van der Waals surface area contributed by atoms with Crippen LogP contribution < -0.4 is 4.74 Å². The Morgan fingerprint density at radius 3 is 2.76 bits per heavy atom. The number of aliphatic hydroxyl groups excluding tert-OH is 1. The topological polar surface area (TPSA) is 32.7 Å². The van der Waals surface area contributed by atoms with Crippen LogP contribution in [0.1, 0.15) is 23.1 Å². The summed E-state index contributed by atoms with van der Waals surface area (Å²) in [5, 5.41) is 9.57. The Labute approximate surface area is 153 Å². The van der Waals surface area contributed by atoms with E-state index in [0.717, 1.165) is 37.1 Å². The molecule has 1 heterocycles. The van der Waals surface area contributed by atoms with Gasteiger partial charge in [0.15, 0.2) is 11.6 Å². The first-order valence-corrected chi connectivity index (χ1v) is 8.89. The lowest BCUT2D eigenvalue weighted by Crippen LogP contribution is -2.20. The van der Waals surface area contributed by atoms with Crippen LogP contribution in [0.25, 0.3) is 0 Å². The van der Waals surface area contributed by atoms with Crippen LogP contribution in [0.15, 0.2) is 36.4 Å². The minimum atomic E-state index is -0.415. The molecule has 0 aromatic heterocycles. The fourth-order valence-corrected chi connectivity index (χ4v) is 3.88. The largest absolute Gasteiger partial charge is 0.492 e. The molecule has 0 radical (unpaired) electrons. The highest BCUT2D eigenvalue weighted by Crippen LogP contribution is 2.30. The summed E-state index contributed by atoms with van der Waals surface area (Å²) in [5.74, 6) is 0.266. The van der Waals surface area contributed by atoms with Gasteiger partial charge in [0.2, 0.25) is 0 Å². The second-order valence-corrected chi connectivity index (χ2v) is 7.07. The molecule has 3 rings (SSSR count). The minimum Gasteiger partial charge on any atom is -0.492 e. The lowest BCUT2D eigenvalue weighted by Gasteiger charge is -2.17. The van der Waals surface area contributed by atoms with Crippen molar-refractivity contribution < 1.29 is 14.2 Å². The van der Waals surface area contributed by atoms with Gasteiger partial charge in [-0.2, -0.15) is 0 Å². The smallest absolute Gasteiger partial charge is 0.173 e. The van der Waals surface area contributed by atoms with Crippen molar-refractivity contribution >= 4 is 11.6 Å². The molecular weight excluding hydrogens is 341 g/mol. The molecule has 0 aliphatic carbocycles. The van der Waals surface area contributed by atoms with E-state index in [-0.39, 0.29) is 12.4 Å². The van der Waals surface area contributed by atoms with Gasteiger partial charge >= 0.3 is 0 Å². The summed E-state index contributed by atoms with van der Waals surface area (Å²) in [6, 6.07) is 11.4. The van der Waals surface area contributed by atoms with Gasteiger partial charge in [-0.05, 0) is 54.1 Å². The number of rotatable bonds is 6. The molecule has 1 N–H and O–H groups in total. The summed E-state index contributed by atoms with van der Waals surface area (Å²) < 4.78 is 18.9. The molecule has 0 saturated carbocycles. The lowest BCUT2D eigenvalue weighted by atomic mass is 9.97. The Kier molecular flexibility index (Phi) is 5.94. The average molecular weight is 364 g/mol. The first-order chi connectivity index (χ1) is 12.1. The van der Waals surface area contributed by atoms with Gasteiger partial charge in [0.25, 0.3) is 0 Å². The van der Waals surface area contributed by atoms with Crippen LogP contribution in [0.5, 0.6) is 5.75 Å². The Morgan fingerprint density at radius 2 is 2.04 bits per heavy atom. The second-order valence-electron chi connectivity index (χ2n) is 6.66. The van der Waals surface area contributed by atoms with Gasteiger partial charge in [0.05, 0.1) is 18.7 Å². The van der Waals surface area contributed by atoms with Crippen molar-refractivity contribution in [3.63, 3.8) is 0 Å². The third-order valence-corrected chi connectivity index (χ3v) is 5.02. The predicted molar refractivity (Wildman–Crippen MR) is 97.4 cm³/mol. The van der Waals surface area contributed by atoms with Crippen molar-refractivity contribution in [3.05, 3.63) is 63.9 Å². The highest BCUT2D eigenvalue weighted by molar-refractivity contribution is 6.32. The number of aliphatic hydroxyl groups is 1. The number of hydrogen-bond acceptors (Lipinski definition) is 3. The van der Waals surface area contributed by atoms with Gasteiger partial charge in [0, 0.05) is 13.1 Å². The van der Waals surface area contributed by atoms with E-state index in [9.17, 15) is 9.50 Å². The van der Waals surface area contributed by atoms with Crippen LogP contribution in [-0.2, 0) is 19.6 Å². The summed E-state index contributed by atoms with van der Waals surface area (Å²) in [6.07, 6.45) is 2.12. The third-order valence-electron chi connectivity index (χ3n) is 4.74. The Hall–Kier alpha value is -1.62. The normalized spacial score (nSPS) is 17.8. The number of ether oxygens (including phenoxy) is 1. The fraction of sp³-hybridized carbons (Fsp3) is 0.400. The Morgan fingerprint density at radius 1 is 1.24 bits per heavy atom. The molecular formula is C20H23ClFNO2. The van der Waals surface area contributed by atoms with Crippen molar-refractivity contribution in [2.75, 3.05) is 20.2 Å². The van der Waals surface area contributed by atoms with Crippen LogP contribution in [0.2, 0.25) is 5.02 Å². The molecule has 0 amide bonds. The second kappa shape index (κ2) is 8.17. The Balaban J connectivity index is 1.59. The number of halogens is 2. The number of benzene rings is 2. The number of likely N-dealkylation sites (tertiary alicyclic amines) is 1. The maximum absolute atomic E-state index is 14.0. The molecule has 5 heteroatoms. The minimum absolute atomic E-state index is 0.0778. The zero-order valence-electron chi connectivity index (χ0n) is 14.3. The maximum Gasteiger partial charge on any atom is 0.173 e. The quantitative estimate of drug-likeness (QED) is 0.840. The number of hydrogen-bond donors (Lipinski definition) is 1. The van der Waals surface area contributed by atoms with E-state index in [2.05, 4.69) is 17.0 Å². The monoisotopic (exact) mass is 363 g/mol. The fourth-order valence-electron chi connectivity index (χ4n) is 3.57. The van der Waals surface area contributed by atoms with Gasteiger partial charge in [0.1, 0.15) is 0 Å². The number of methoxy groups -OCH3 is 1. The molecule has 1 saturated heterocycles. The van der Waals surface area contributed by atoms with Gasteiger partial charge in [-0.15, -0.1) is 0 Å². The van der Waals surface area contributed by atoms with Crippen molar-refractivity contribution in [1.82, 2.24) is 4.90 Å². The van der Waals surface area contributed by atoms with E-state index >= 15 is 0 Å². The average Bonchev–Trinajstić information content (AvgIpc) is 3.01. The van der Waals surface area contributed by atoms with Crippen LogP contribution in [0.3, 0.4) is 0 Å². The lowest BCUT2D eigenvalue weighted by molar-refractivity contribution is 0.281. The van der Waals surface area contributed by atoms with E-state index in [1.54, 1.807) is 6.07 Å². The van der Waals surface area contributed by atoms with Crippen molar-refractivity contribution in [2.45, 2.75) is 26.0 Å². The van der Waals surface area contributed by atoms with E-state index in [1.165, 1.54) is 18.7 Å². The molecule has 1 aliphatic heterocycles. The van der Waals surface area contributed by atoms with Crippen LogP contribution >= 0.6 is 11.6 Å². The maximum atomic E-state index is 14.0. The van der Waals surface area contributed by atoms with E-state index < -0.39 is 5.82 Å². The van der Waals surface area contributed by atoms with Gasteiger partial charge in [-0.25, -0.2) is 4.39 Å². The molecule has 2 aromatic rings. The summed E-state index contributed by atoms with van der Waals surface area (Å²) in [7, 11) is 1.42. The van der Waals surface area contributed by atoms with Crippen molar-refractivity contribution in [3.8, 4) is 5.75 Å². The van der Waals surface area contributed by atoms with E-state index in [1.807, 2.05) is 12.1 Å². The molecule has 1 atom stereocenters. The molecule has 3 nitrogen and oxygen atoms in total. The highest BCUT2D eigenvalue weighted by atomic mass is 35.5. The zero-order valence-corrected chi connectivity index (χ0v) is 15.1. The molecule has 134 valence electrons. The molecule has 25 heavy (non-hydrogen) atoms. The van der Waals surface area contributed by atoms with E-state index in [0.29, 0.717) is 17.5 Å². The molecule has 1 fully saturated rings. The Bertz CT molecular complexity index is 714. The summed E-state index contributed by atoms with van der Waals surface area (Å²) >= 11 is 6.08. The molecule has 2 aromatic carbocycles. The molecule has 1 aliphatic rings.